The molecule has 3 nitrogen and oxygen atoms in total. The molecule has 3 heteroatoms. The molecular formula is C16H19N3. The number of nitrogens with zero attached hydrogens (tertiary/aromatic N) is 2. The van der Waals surface area contributed by atoms with Crippen LogP contribution in [0.25, 0.3) is 0 Å². The molecule has 98 valence electrons. The molecule has 0 saturated carbocycles. The highest BCUT2D eigenvalue weighted by Gasteiger charge is 2.14. The lowest BCUT2D eigenvalue weighted by Gasteiger charge is -2.20. The summed E-state index contributed by atoms with van der Waals surface area (Å²) in [6.45, 7) is 3.00. The first kappa shape index (κ1) is 12.2. The Morgan fingerprint density at radius 1 is 1.16 bits per heavy atom. The Morgan fingerprint density at radius 2 is 2.00 bits per heavy atom. The molecule has 1 aromatic carbocycles. The third-order valence-corrected chi connectivity index (χ3v) is 3.66. The summed E-state index contributed by atoms with van der Waals surface area (Å²) in [6, 6.07) is 12.5. The first-order chi connectivity index (χ1) is 9.31. The Labute approximate surface area is 114 Å². The van der Waals surface area contributed by atoms with Gasteiger partial charge in [0, 0.05) is 25.0 Å². The van der Waals surface area contributed by atoms with Crippen molar-refractivity contribution in [1.29, 1.82) is 0 Å². The summed E-state index contributed by atoms with van der Waals surface area (Å²) in [5.74, 6) is 0. The van der Waals surface area contributed by atoms with E-state index in [1.165, 1.54) is 24.0 Å². The van der Waals surface area contributed by atoms with Crippen LogP contribution in [0.15, 0.2) is 42.6 Å². The lowest BCUT2D eigenvalue weighted by molar-refractivity contribution is 0.258. The maximum Gasteiger partial charge on any atom is 0.0564 e. The molecule has 0 bridgehead atoms. The van der Waals surface area contributed by atoms with E-state index in [0.717, 1.165) is 31.0 Å². The average molecular weight is 253 g/mol. The van der Waals surface area contributed by atoms with E-state index >= 15 is 0 Å². The number of benzene rings is 1. The highest BCUT2D eigenvalue weighted by molar-refractivity contribution is 5.37. The molecule has 1 aliphatic heterocycles. The molecule has 0 aliphatic carbocycles. The smallest absolute Gasteiger partial charge is 0.0564 e. The van der Waals surface area contributed by atoms with Gasteiger partial charge in [0.15, 0.2) is 0 Å². The summed E-state index contributed by atoms with van der Waals surface area (Å²) < 4.78 is 0. The summed E-state index contributed by atoms with van der Waals surface area (Å²) >= 11 is 0. The minimum atomic E-state index is 0.792. The van der Waals surface area contributed by atoms with Gasteiger partial charge in [-0.05, 0) is 42.6 Å². The molecule has 2 heterocycles. The van der Waals surface area contributed by atoms with Gasteiger partial charge in [-0.3, -0.25) is 9.88 Å². The highest BCUT2D eigenvalue weighted by atomic mass is 15.1. The summed E-state index contributed by atoms with van der Waals surface area (Å²) in [7, 11) is 0. The van der Waals surface area contributed by atoms with Crippen molar-refractivity contribution >= 4 is 5.69 Å². The fraction of sp³-hybridized carbons (Fsp3) is 0.312. The second kappa shape index (κ2) is 5.41. The van der Waals surface area contributed by atoms with E-state index in [1.54, 1.807) is 6.20 Å². The largest absolute Gasteiger partial charge is 0.399 e. The molecule has 0 atom stereocenters. The number of rotatable bonds is 2. The monoisotopic (exact) mass is 253 g/mol. The number of nitrogens with two attached hydrogens (primary N) is 1. The van der Waals surface area contributed by atoms with Crippen LogP contribution in [-0.4, -0.2) is 16.4 Å². The Kier molecular flexibility index (Phi) is 3.47. The number of aromatic nitrogens is 1. The Bertz CT molecular complexity index is 565. The molecule has 0 unspecified atom stereocenters. The lowest BCUT2D eigenvalue weighted by Crippen LogP contribution is -2.23. The lowest BCUT2D eigenvalue weighted by atomic mass is 10.0. The molecular weight excluding hydrogens is 234 g/mol. The van der Waals surface area contributed by atoms with E-state index in [9.17, 15) is 0 Å². The van der Waals surface area contributed by atoms with Crippen LogP contribution in [0.4, 0.5) is 5.69 Å². The molecule has 0 radical (unpaired) electrons. The van der Waals surface area contributed by atoms with Crippen molar-refractivity contribution in [2.24, 2.45) is 0 Å². The van der Waals surface area contributed by atoms with E-state index in [-0.39, 0.29) is 0 Å². The topological polar surface area (TPSA) is 42.1 Å². The molecule has 3 rings (SSSR count). The van der Waals surface area contributed by atoms with Crippen molar-refractivity contribution in [1.82, 2.24) is 9.88 Å². The Hall–Kier alpha value is -1.87. The molecule has 0 spiro atoms. The zero-order valence-corrected chi connectivity index (χ0v) is 11.0. The third kappa shape index (κ3) is 2.93. The maximum absolute atomic E-state index is 5.81. The first-order valence-electron chi connectivity index (χ1n) is 6.81. The number of anilines is 1. The second-order valence-corrected chi connectivity index (χ2v) is 5.16. The predicted molar refractivity (Wildman–Crippen MR) is 77.5 cm³/mol. The minimum Gasteiger partial charge on any atom is -0.399 e. The Balaban J connectivity index is 1.76. The predicted octanol–water partition coefficient (Wildman–Crippen LogP) is 2.61. The van der Waals surface area contributed by atoms with Gasteiger partial charge in [-0.1, -0.05) is 24.3 Å². The number of aryl methyl sites for hydroxylation is 1. The van der Waals surface area contributed by atoms with Crippen molar-refractivity contribution in [2.75, 3.05) is 12.3 Å². The highest BCUT2D eigenvalue weighted by Crippen LogP contribution is 2.19. The minimum absolute atomic E-state index is 0.792. The van der Waals surface area contributed by atoms with Gasteiger partial charge in [-0.25, -0.2) is 0 Å². The van der Waals surface area contributed by atoms with E-state index < -0.39 is 0 Å². The van der Waals surface area contributed by atoms with Gasteiger partial charge in [0.2, 0.25) is 0 Å². The van der Waals surface area contributed by atoms with Crippen LogP contribution in [0.5, 0.6) is 0 Å². The molecule has 0 saturated heterocycles. The van der Waals surface area contributed by atoms with Crippen LogP contribution in [0.2, 0.25) is 0 Å². The summed E-state index contributed by atoms with van der Waals surface area (Å²) in [4.78, 5) is 6.85. The number of nitrogen functional groups attached to an aromatic ring is 1. The fourth-order valence-corrected chi connectivity index (χ4v) is 2.72. The van der Waals surface area contributed by atoms with Crippen LogP contribution in [-0.2, 0) is 19.5 Å². The standard InChI is InChI=1S/C16H19N3/c17-15-7-8-18-16(10-15)12-19-9-3-6-13-4-1-2-5-14(13)11-19/h1-2,4-5,7-8,10H,3,6,9,11-12H2,(H2,17,18). The van der Waals surface area contributed by atoms with Crippen LogP contribution >= 0.6 is 0 Å². The first-order valence-corrected chi connectivity index (χ1v) is 6.81. The molecule has 2 aromatic rings. The molecule has 1 aromatic heterocycles. The molecule has 0 amide bonds. The average Bonchev–Trinajstić information content (AvgIpc) is 2.60. The normalized spacial score (nSPS) is 15.8. The van der Waals surface area contributed by atoms with E-state index in [1.807, 2.05) is 12.1 Å². The summed E-state index contributed by atoms with van der Waals surface area (Å²) in [6.07, 6.45) is 4.17. The van der Waals surface area contributed by atoms with Gasteiger partial charge >= 0.3 is 0 Å². The molecule has 2 N–H and O–H groups in total. The van der Waals surface area contributed by atoms with Crippen LogP contribution in [0.3, 0.4) is 0 Å². The SMILES string of the molecule is Nc1ccnc(CN2CCCc3ccccc3C2)c1. The van der Waals surface area contributed by atoms with Crippen molar-refractivity contribution in [2.45, 2.75) is 25.9 Å². The van der Waals surface area contributed by atoms with Crippen LogP contribution < -0.4 is 5.73 Å². The second-order valence-electron chi connectivity index (χ2n) is 5.16. The number of hydrogen-bond acceptors (Lipinski definition) is 3. The Morgan fingerprint density at radius 3 is 2.84 bits per heavy atom. The van der Waals surface area contributed by atoms with Gasteiger partial charge in [0.1, 0.15) is 0 Å². The van der Waals surface area contributed by atoms with Crippen LogP contribution in [0.1, 0.15) is 23.2 Å². The quantitative estimate of drug-likeness (QED) is 0.894. The van der Waals surface area contributed by atoms with Crippen molar-refractivity contribution in [3.63, 3.8) is 0 Å². The van der Waals surface area contributed by atoms with E-state index in [2.05, 4.69) is 34.1 Å². The van der Waals surface area contributed by atoms with Crippen molar-refractivity contribution in [3.8, 4) is 0 Å². The van der Waals surface area contributed by atoms with Crippen molar-refractivity contribution < 1.29 is 0 Å². The summed E-state index contributed by atoms with van der Waals surface area (Å²) in [5, 5.41) is 0. The van der Waals surface area contributed by atoms with Gasteiger partial charge in [0.25, 0.3) is 0 Å². The zero-order valence-electron chi connectivity index (χ0n) is 11.0. The number of hydrogen-bond donors (Lipinski definition) is 1. The van der Waals surface area contributed by atoms with E-state index in [4.69, 9.17) is 5.73 Å². The number of fused-ring (bicyclic) bond motifs is 1. The van der Waals surface area contributed by atoms with Gasteiger partial charge in [-0.15, -0.1) is 0 Å². The maximum atomic E-state index is 5.81. The molecule has 1 aliphatic rings. The molecule has 0 fully saturated rings. The van der Waals surface area contributed by atoms with Crippen LogP contribution in [0, 0.1) is 0 Å². The zero-order chi connectivity index (χ0) is 13.1. The molecule has 19 heavy (non-hydrogen) atoms. The van der Waals surface area contributed by atoms with Crippen molar-refractivity contribution in [3.05, 3.63) is 59.4 Å². The van der Waals surface area contributed by atoms with Gasteiger partial charge in [0.05, 0.1) is 5.69 Å². The van der Waals surface area contributed by atoms with Gasteiger partial charge in [-0.2, -0.15) is 0 Å². The summed E-state index contributed by atoms with van der Waals surface area (Å²) in [5.41, 5.74) is 10.6. The number of pyridine rings is 1. The fourth-order valence-electron chi connectivity index (χ4n) is 2.72. The van der Waals surface area contributed by atoms with Gasteiger partial charge < -0.3 is 5.73 Å². The van der Waals surface area contributed by atoms with E-state index in [0.29, 0.717) is 0 Å². The third-order valence-electron chi connectivity index (χ3n) is 3.66.